The zero-order chi connectivity index (χ0) is 15.0. The van der Waals surface area contributed by atoms with Crippen LogP contribution >= 0.6 is 0 Å². The van der Waals surface area contributed by atoms with Gasteiger partial charge in [0, 0.05) is 16.8 Å². The third-order valence-electron chi connectivity index (χ3n) is 3.39. The quantitative estimate of drug-likeness (QED) is 0.643. The van der Waals surface area contributed by atoms with Crippen molar-refractivity contribution in [2.45, 2.75) is 6.92 Å². The van der Waals surface area contributed by atoms with Gasteiger partial charge in [0.2, 0.25) is 0 Å². The van der Waals surface area contributed by atoms with Crippen molar-refractivity contribution in [3.05, 3.63) is 53.1 Å². The highest BCUT2D eigenvalue weighted by molar-refractivity contribution is 6.22. The van der Waals surface area contributed by atoms with E-state index in [9.17, 15) is 4.79 Å². The maximum atomic E-state index is 12.1. The Kier molecular flexibility index (Phi) is 3.14. The van der Waals surface area contributed by atoms with E-state index in [0.29, 0.717) is 28.3 Å². The predicted octanol–water partition coefficient (Wildman–Crippen LogP) is 3.40. The summed E-state index contributed by atoms with van der Waals surface area (Å²) in [7, 11) is 1.36. The molecule has 3 rings (SSSR count). The Bertz CT molecular complexity index is 763. The van der Waals surface area contributed by atoms with Gasteiger partial charge < -0.3 is 15.2 Å². The first kappa shape index (κ1) is 13.2. The molecule has 0 saturated carbocycles. The van der Waals surface area contributed by atoms with E-state index in [0.717, 1.165) is 11.1 Å². The monoisotopic (exact) mass is 281 g/mol. The highest BCUT2D eigenvalue weighted by atomic mass is 16.5. The normalized spacial score (nSPS) is 12.4. The summed E-state index contributed by atoms with van der Waals surface area (Å²) in [4.78, 5) is 12.1. The topological polar surface area (TPSA) is 61.5 Å². The largest absolute Gasteiger partial charge is 0.465 e. The van der Waals surface area contributed by atoms with E-state index in [4.69, 9.17) is 15.2 Å². The summed E-state index contributed by atoms with van der Waals surface area (Å²) in [6, 6.07) is 11.0. The lowest BCUT2D eigenvalue weighted by molar-refractivity contribution is -0.133. The van der Waals surface area contributed by atoms with Crippen LogP contribution < -0.4 is 10.5 Å². The van der Waals surface area contributed by atoms with Crippen LogP contribution in [0.3, 0.4) is 0 Å². The van der Waals surface area contributed by atoms with Crippen LogP contribution in [0.5, 0.6) is 11.5 Å². The van der Waals surface area contributed by atoms with Crippen LogP contribution in [0.15, 0.2) is 36.4 Å². The van der Waals surface area contributed by atoms with Gasteiger partial charge in [-0.25, -0.2) is 4.79 Å². The van der Waals surface area contributed by atoms with Gasteiger partial charge in [0.1, 0.15) is 11.5 Å². The molecule has 0 aromatic heterocycles. The van der Waals surface area contributed by atoms with E-state index in [1.165, 1.54) is 7.11 Å². The smallest absolute Gasteiger partial charge is 0.338 e. The molecule has 1 heterocycles. The molecule has 0 unspecified atom stereocenters. The highest BCUT2D eigenvalue weighted by Crippen LogP contribution is 2.39. The minimum absolute atomic E-state index is 0.404. The standard InChI is InChI=1S/C17H15NO3/c1-10-3-5-13-14(17(19)20-2)9-11-8-12(18)4-6-15(11)21-16(13)7-10/h3-9H,18H2,1-2H3. The van der Waals surface area contributed by atoms with E-state index < -0.39 is 5.97 Å². The number of ether oxygens (including phenoxy) is 2. The van der Waals surface area contributed by atoms with Gasteiger partial charge in [-0.05, 0) is 42.8 Å². The summed E-state index contributed by atoms with van der Waals surface area (Å²) < 4.78 is 10.8. The summed E-state index contributed by atoms with van der Waals surface area (Å²) in [6.07, 6.45) is 1.75. The van der Waals surface area contributed by atoms with E-state index in [1.807, 2.05) is 25.1 Å². The third kappa shape index (κ3) is 2.36. The van der Waals surface area contributed by atoms with E-state index >= 15 is 0 Å². The maximum Gasteiger partial charge on any atom is 0.338 e. The van der Waals surface area contributed by atoms with Gasteiger partial charge in [-0.2, -0.15) is 0 Å². The second kappa shape index (κ2) is 4.98. The van der Waals surface area contributed by atoms with Crippen molar-refractivity contribution in [3.63, 3.8) is 0 Å². The van der Waals surface area contributed by atoms with Crippen LogP contribution in [0.1, 0.15) is 16.7 Å². The van der Waals surface area contributed by atoms with Crippen molar-refractivity contribution in [3.8, 4) is 11.5 Å². The van der Waals surface area contributed by atoms with Gasteiger partial charge in [0.15, 0.2) is 0 Å². The number of carbonyl (C=O) groups excluding carboxylic acids is 1. The highest BCUT2D eigenvalue weighted by Gasteiger charge is 2.22. The molecule has 0 amide bonds. The molecule has 1 aliphatic heterocycles. The fraction of sp³-hybridized carbons (Fsp3) is 0.118. The van der Waals surface area contributed by atoms with Crippen LogP contribution in [-0.2, 0) is 9.53 Å². The van der Waals surface area contributed by atoms with Crippen molar-refractivity contribution in [2.24, 2.45) is 0 Å². The summed E-state index contributed by atoms with van der Waals surface area (Å²) in [6.45, 7) is 1.97. The molecule has 4 heteroatoms. The Morgan fingerprint density at radius 1 is 1.14 bits per heavy atom. The number of hydrogen-bond donors (Lipinski definition) is 1. The number of nitrogens with two attached hydrogens (primary N) is 1. The molecule has 4 nitrogen and oxygen atoms in total. The molecule has 2 N–H and O–H groups in total. The fourth-order valence-electron chi connectivity index (χ4n) is 2.34. The Morgan fingerprint density at radius 2 is 1.95 bits per heavy atom. The maximum absolute atomic E-state index is 12.1. The number of esters is 1. The summed E-state index contributed by atoms with van der Waals surface area (Å²) in [5, 5.41) is 0. The number of rotatable bonds is 1. The molecule has 0 aliphatic carbocycles. The second-order valence-corrected chi connectivity index (χ2v) is 4.95. The van der Waals surface area contributed by atoms with Crippen LogP contribution in [0.2, 0.25) is 0 Å². The number of nitrogen functional groups attached to an aromatic ring is 1. The van der Waals surface area contributed by atoms with Crippen LogP contribution in [-0.4, -0.2) is 13.1 Å². The number of methoxy groups -OCH3 is 1. The Labute approximate surface area is 122 Å². The summed E-state index contributed by atoms with van der Waals surface area (Å²) in [5.41, 5.74) is 9.40. The summed E-state index contributed by atoms with van der Waals surface area (Å²) in [5.74, 6) is 0.893. The van der Waals surface area contributed by atoms with Gasteiger partial charge in [-0.3, -0.25) is 0 Å². The minimum atomic E-state index is -0.404. The number of fused-ring (bicyclic) bond motifs is 2. The molecule has 1 aliphatic rings. The summed E-state index contributed by atoms with van der Waals surface area (Å²) >= 11 is 0. The van der Waals surface area contributed by atoms with Gasteiger partial charge in [0.05, 0.1) is 12.7 Å². The Hall–Kier alpha value is -2.75. The van der Waals surface area contributed by atoms with Gasteiger partial charge in [-0.15, -0.1) is 0 Å². The number of anilines is 1. The molecule has 0 atom stereocenters. The predicted molar refractivity (Wildman–Crippen MR) is 82.0 cm³/mol. The van der Waals surface area contributed by atoms with Crippen molar-refractivity contribution in [1.29, 1.82) is 0 Å². The van der Waals surface area contributed by atoms with Crippen LogP contribution in [0, 0.1) is 6.92 Å². The van der Waals surface area contributed by atoms with E-state index in [2.05, 4.69) is 0 Å². The number of hydrogen-bond acceptors (Lipinski definition) is 4. The SMILES string of the molecule is COC(=O)C1=Cc2cc(N)ccc2Oc2cc(C)ccc21. The second-order valence-electron chi connectivity index (χ2n) is 4.95. The number of carbonyl (C=O) groups is 1. The van der Waals surface area contributed by atoms with Gasteiger partial charge in [-0.1, -0.05) is 12.1 Å². The van der Waals surface area contributed by atoms with Crippen molar-refractivity contribution in [1.82, 2.24) is 0 Å². The molecule has 0 spiro atoms. The molecule has 0 radical (unpaired) electrons. The molecule has 106 valence electrons. The molecular formula is C17H15NO3. The minimum Gasteiger partial charge on any atom is -0.465 e. The fourth-order valence-corrected chi connectivity index (χ4v) is 2.34. The van der Waals surface area contributed by atoms with Gasteiger partial charge in [0.25, 0.3) is 0 Å². The van der Waals surface area contributed by atoms with Crippen molar-refractivity contribution in [2.75, 3.05) is 12.8 Å². The number of aryl methyl sites for hydroxylation is 1. The molecular weight excluding hydrogens is 266 g/mol. The first-order chi connectivity index (χ1) is 10.1. The lowest BCUT2D eigenvalue weighted by Gasteiger charge is -2.11. The molecule has 0 bridgehead atoms. The average molecular weight is 281 g/mol. The third-order valence-corrected chi connectivity index (χ3v) is 3.39. The molecule has 2 aromatic carbocycles. The molecule has 21 heavy (non-hydrogen) atoms. The van der Waals surface area contributed by atoms with Gasteiger partial charge >= 0.3 is 5.97 Å². The van der Waals surface area contributed by atoms with E-state index in [-0.39, 0.29) is 0 Å². The molecule has 0 fully saturated rings. The Morgan fingerprint density at radius 3 is 2.71 bits per heavy atom. The first-order valence-corrected chi connectivity index (χ1v) is 6.57. The zero-order valence-corrected chi connectivity index (χ0v) is 11.8. The van der Waals surface area contributed by atoms with Crippen molar-refractivity contribution < 1.29 is 14.3 Å². The van der Waals surface area contributed by atoms with Crippen LogP contribution in [0.25, 0.3) is 11.6 Å². The lowest BCUT2D eigenvalue weighted by Crippen LogP contribution is -2.04. The Balaban J connectivity index is 2.27. The zero-order valence-electron chi connectivity index (χ0n) is 11.8. The average Bonchev–Trinajstić information content (AvgIpc) is 2.62. The molecule has 0 saturated heterocycles. The lowest BCUT2D eigenvalue weighted by atomic mass is 10.0. The first-order valence-electron chi connectivity index (χ1n) is 6.57. The van der Waals surface area contributed by atoms with Crippen LogP contribution in [0.4, 0.5) is 5.69 Å². The molecule has 2 aromatic rings. The number of benzene rings is 2. The van der Waals surface area contributed by atoms with Crippen molar-refractivity contribution >= 4 is 23.3 Å². The van der Waals surface area contributed by atoms with E-state index in [1.54, 1.807) is 24.3 Å².